The molecule has 0 aliphatic carbocycles. The summed E-state index contributed by atoms with van der Waals surface area (Å²) in [6.07, 6.45) is 3.48. The van der Waals surface area contributed by atoms with Crippen LogP contribution < -0.4 is 5.32 Å². The fourth-order valence-electron chi connectivity index (χ4n) is 1.98. The van der Waals surface area contributed by atoms with Gasteiger partial charge in [0, 0.05) is 12.6 Å². The van der Waals surface area contributed by atoms with E-state index in [0.29, 0.717) is 6.04 Å². The van der Waals surface area contributed by atoms with Gasteiger partial charge in [0.15, 0.2) is 0 Å². The summed E-state index contributed by atoms with van der Waals surface area (Å²) in [6, 6.07) is 9.28. The van der Waals surface area contributed by atoms with Crippen LogP contribution in [0.5, 0.6) is 0 Å². The van der Waals surface area contributed by atoms with E-state index >= 15 is 0 Å². The molecule has 69 valence electrons. The lowest BCUT2D eigenvalue weighted by Gasteiger charge is -2.10. The number of hydrogen-bond acceptors (Lipinski definition) is 1. The van der Waals surface area contributed by atoms with Gasteiger partial charge in [0.05, 0.1) is 0 Å². The Labute approximate surface area is 80.2 Å². The van der Waals surface area contributed by atoms with Crippen LogP contribution in [0.25, 0.3) is 0 Å². The first-order chi connectivity index (χ1) is 6.42. The van der Waals surface area contributed by atoms with Gasteiger partial charge in [-0.2, -0.15) is 0 Å². The van der Waals surface area contributed by atoms with E-state index in [2.05, 4.69) is 36.5 Å². The van der Waals surface area contributed by atoms with Crippen LogP contribution in [-0.4, -0.2) is 0 Å². The smallest absolute Gasteiger partial charge is 0.0326 e. The Hall–Kier alpha value is -0.820. The van der Waals surface area contributed by atoms with Gasteiger partial charge in [-0.05, 0) is 17.5 Å². The zero-order valence-corrected chi connectivity index (χ0v) is 7.92. The lowest BCUT2D eigenvalue weighted by Crippen LogP contribution is -2.11. The summed E-state index contributed by atoms with van der Waals surface area (Å²) in [5.41, 5.74) is 2.97. The van der Waals surface area contributed by atoms with Gasteiger partial charge in [-0.3, -0.25) is 0 Å². The summed E-state index contributed by atoms with van der Waals surface area (Å²) in [5, 5.41) is 3.53. The van der Waals surface area contributed by atoms with E-state index in [1.165, 1.54) is 24.0 Å². The standard InChI is InChI=1S/C12H16N/c1-2-3-8-12-11-7-5-4-6-10(11)9-13-12/h4-7,12-13H,1-3,8-9H2. The molecule has 13 heavy (non-hydrogen) atoms. The topological polar surface area (TPSA) is 12.0 Å². The third-order valence-electron chi connectivity index (χ3n) is 2.71. The van der Waals surface area contributed by atoms with Crippen LogP contribution in [0.15, 0.2) is 24.3 Å². The van der Waals surface area contributed by atoms with Crippen molar-refractivity contribution in [3.05, 3.63) is 42.3 Å². The maximum atomic E-state index is 3.87. The van der Waals surface area contributed by atoms with Gasteiger partial charge >= 0.3 is 0 Å². The number of benzene rings is 1. The van der Waals surface area contributed by atoms with Crippen LogP contribution >= 0.6 is 0 Å². The number of fused-ring (bicyclic) bond motifs is 1. The van der Waals surface area contributed by atoms with E-state index in [4.69, 9.17) is 0 Å². The maximum Gasteiger partial charge on any atom is 0.0326 e. The lowest BCUT2D eigenvalue weighted by atomic mass is 10.0. The molecule has 1 nitrogen and oxygen atoms in total. The normalized spacial score (nSPS) is 20.2. The van der Waals surface area contributed by atoms with Crippen molar-refractivity contribution in [1.82, 2.24) is 5.32 Å². The third kappa shape index (κ3) is 1.75. The van der Waals surface area contributed by atoms with E-state index in [-0.39, 0.29) is 0 Å². The Morgan fingerprint density at radius 3 is 3.08 bits per heavy atom. The molecule has 0 bridgehead atoms. The quantitative estimate of drug-likeness (QED) is 0.743. The number of hydrogen-bond donors (Lipinski definition) is 1. The zero-order valence-electron chi connectivity index (χ0n) is 7.92. The predicted molar refractivity (Wildman–Crippen MR) is 55.2 cm³/mol. The van der Waals surface area contributed by atoms with Crippen LogP contribution in [0, 0.1) is 6.92 Å². The minimum absolute atomic E-state index is 0.581. The second-order valence-electron chi connectivity index (χ2n) is 3.63. The second kappa shape index (κ2) is 3.93. The predicted octanol–water partition coefficient (Wildman–Crippen LogP) is 2.84. The highest BCUT2D eigenvalue weighted by Crippen LogP contribution is 2.28. The first-order valence-corrected chi connectivity index (χ1v) is 5.02. The van der Waals surface area contributed by atoms with Crippen LogP contribution in [0.1, 0.15) is 36.4 Å². The molecule has 1 aromatic rings. The van der Waals surface area contributed by atoms with Crippen LogP contribution in [0.4, 0.5) is 0 Å². The van der Waals surface area contributed by atoms with E-state index in [9.17, 15) is 0 Å². The molecule has 1 aliphatic rings. The second-order valence-corrected chi connectivity index (χ2v) is 3.63. The molecule has 1 heterocycles. The highest BCUT2D eigenvalue weighted by atomic mass is 14.9. The van der Waals surface area contributed by atoms with E-state index in [1.807, 2.05) is 0 Å². The van der Waals surface area contributed by atoms with Gasteiger partial charge in [0.1, 0.15) is 0 Å². The fraction of sp³-hybridized carbons (Fsp3) is 0.417. The van der Waals surface area contributed by atoms with Gasteiger partial charge in [-0.15, -0.1) is 0 Å². The molecular weight excluding hydrogens is 158 g/mol. The molecule has 0 aromatic heterocycles. The Morgan fingerprint density at radius 1 is 1.38 bits per heavy atom. The highest BCUT2D eigenvalue weighted by molar-refractivity contribution is 5.33. The number of unbranched alkanes of at least 4 members (excludes halogenated alkanes) is 1. The average molecular weight is 174 g/mol. The molecule has 1 heteroatoms. The molecule has 0 spiro atoms. The van der Waals surface area contributed by atoms with Crippen LogP contribution in [-0.2, 0) is 6.54 Å². The third-order valence-corrected chi connectivity index (χ3v) is 2.71. The molecule has 0 amide bonds. The largest absolute Gasteiger partial charge is 0.306 e. The van der Waals surface area contributed by atoms with E-state index in [1.54, 1.807) is 0 Å². The van der Waals surface area contributed by atoms with Crippen molar-refractivity contribution in [1.29, 1.82) is 0 Å². The van der Waals surface area contributed by atoms with Gasteiger partial charge in [0.25, 0.3) is 0 Å². The van der Waals surface area contributed by atoms with Crippen molar-refractivity contribution in [2.75, 3.05) is 0 Å². The molecule has 0 saturated heterocycles. The van der Waals surface area contributed by atoms with Crippen molar-refractivity contribution < 1.29 is 0 Å². The number of rotatable bonds is 3. The summed E-state index contributed by atoms with van der Waals surface area (Å²) in [5.74, 6) is 0. The molecule has 1 aliphatic heterocycles. The highest BCUT2D eigenvalue weighted by Gasteiger charge is 2.19. The lowest BCUT2D eigenvalue weighted by molar-refractivity contribution is 0.524. The Kier molecular flexibility index (Phi) is 2.65. The van der Waals surface area contributed by atoms with Gasteiger partial charge < -0.3 is 5.32 Å². The summed E-state index contributed by atoms with van der Waals surface area (Å²) >= 11 is 0. The van der Waals surface area contributed by atoms with Crippen molar-refractivity contribution >= 4 is 0 Å². The summed E-state index contributed by atoms with van der Waals surface area (Å²) in [7, 11) is 0. The molecule has 2 rings (SSSR count). The zero-order chi connectivity index (χ0) is 9.10. The molecule has 1 N–H and O–H groups in total. The van der Waals surface area contributed by atoms with Crippen molar-refractivity contribution in [2.45, 2.75) is 31.8 Å². The van der Waals surface area contributed by atoms with Crippen LogP contribution in [0.3, 0.4) is 0 Å². The van der Waals surface area contributed by atoms with Gasteiger partial charge in [-0.25, -0.2) is 0 Å². The van der Waals surface area contributed by atoms with Crippen molar-refractivity contribution in [3.8, 4) is 0 Å². The first-order valence-electron chi connectivity index (χ1n) is 5.02. The van der Waals surface area contributed by atoms with Crippen molar-refractivity contribution in [3.63, 3.8) is 0 Å². The Balaban J connectivity index is 2.09. The summed E-state index contributed by atoms with van der Waals surface area (Å²) < 4.78 is 0. The average Bonchev–Trinajstić information content (AvgIpc) is 2.58. The van der Waals surface area contributed by atoms with E-state index in [0.717, 1.165) is 13.0 Å². The maximum absolute atomic E-state index is 3.87. The number of nitrogens with one attached hydrogen (secondary N) is 1. The summed E-state index contributed by atoms with van der Waals surface area (Å²) in [4.78, 5) is 0. The SMILES string of the molecule is [CH2]CCCC1NCc2ccccc21. The van der Waals surface area contributed by atoms with Crippen LogP contribution in [0.2, 0.25) is 0 Å². The molecule has 1 radical (unpaired) electrons. The van der Waals surface area contributed by atoms with E-state index < -0.39 is 0 Å². The molecular formula is C12H16N. The fourth-order valence-corrected chi connectivity index (χ4v) is 1.98. The van der Waals surface area contributed by atoms with Crippen molar-refractivity contribution in [2.24, 2.45) is 0 Å². The van der Waals surface area contributed by atoms with Gasteiger partial charge in [-0.1, -0.05) is 44.0 Å². The molecule has 0 saturated carbocycles. The molecule has 1 atom stereocenters. The molecule has 0 fully saturated rings. The summed E-state index contributed by atoms with van der Waals surface area (Å²) in [6.45, 7) is 4.91. The first kappa shape index (κ1) is 8.76. The Bertz CT molecular complexity index is 280. The Morgan fingerprint density at radius 2 is 2.23 bits per heavy atom. The minimum Gasteiger partial charge on any atom is -0.306 e. The molecule has 1 unspecified atom stereocenters. The minimum atomic E-state index is 0.581. The molecule has 1 aromatic carbocycles. The van der Waals surface area contributed by atoms with Gasteiger partial charge in [0.2, 0.25) is 0 Å². The monoisotopic (exact) mass is 174 g/mol.